The molecule has 0 radical (unpaired) electrons. The predicted octanol–water partition coefficient (Wildman–Crippen LogP) is 3.19. The van der Waals surface area contributed by atoms with E-state index >= 15 is 0 Å². The summed E-state index contributed by atoms with van der Waals surface area (Å²) in [4.78, 5) is 0. The lowest BCUT2D eigenvalue weighted by Crippen LogP contribution is -2.24. The summed E-state index contributed by atoms with van der Waals surface area (Å²) in [6.07, 6.45) is 0.976. The fourth-order valence-corrected chi connectivity index (χ4v) is 1.65. The van der Waals surface area contributed by atoms with E-state index in [9.17, 15) is 0 Å². The number of halogens is 1. The molecular weight excluding hydrogens is 226 g/mol. The Morgan fingerprint density at radius 2 is 2.12 bits per heavy atom. The minimum atomic E-state index is 0.261. The maximum atomic E-state index is 5.95. The fraction of sp³-hybridized carbons (Fsp3) is 0.500. The van der Waals surface area contributed by atoms with Crippen LogP contribution in [0.3, 0.4) is 0 Å². The first-order chi connectivity index (χ1) is 7.71. The minimum Gasteiger partial charge on any atom is -0.495 e. The summed E-state index contributed by atoms with van der Waals surface area (Å²) in [5, 5.41) is 4.05. The Morgan fingerprint density at radius 1 is 1.38 bits per heavy atom. The van der Waals surface area contributed by atoms with Crippen molar-refractivity contribution in [2.45, 2.75) is 19.4 Å². The molecule has 0 bridgehead atoms. The number of rotatable bonds is 6. The van der Waals surface area contributed by atoms with Gasteiger partial charge in [0.25, 0.3) is 0 Å². The fourth-order valence-electron chi connectivity index (χ4n) is 1.48. The van der Waals surface area contributed by atoms with Crippen LogP contribution >= 0.6 is 11.6 Å². The highest BCUT2D eigenvalue weighted by molar-refractivity contribution is 6.30. The van der Waals surface area contributed by atoms with Crippen molar-refractivity contribution in [3.63, 3.8) is 0 Å². The summed E-state index contributed by atoms with van der Waals surface area (Å²) in [6.45, 7) is 2.76. The molecular formula is C12H18ClNO2. The maximum Gasteiger partial charge on any atom is 0.142 e. The molecule has 1 aromatic carbocycles. The SMILES string of the molecule is CCC(COC)Nc1cc(Cl)ccc1OC. The van der Waals surface area contributed by atoms with E-state index in [2.05, 4.69) is 12.2 Å². The lowest BCUT2D eigenvalue weighted by Gasteiger charge is -2.19. The van der Waals surface area contributed by atoms with E-state index in [1.165, 1.54) is 0 Å². The first kappa shape index (κ1) is 13.1. The first-order valence-electron chi connectivity index (χ1n) is 5.30. The molecule has 0 aliphatic heterocycles. The highest BCUT2D eigenvalue weighted by Crippen LogP contribution is 2.28. The average Bonchev–Trinajstić information content (AvgIpc) is 2.29. The largest absolute Gasteiger partial charge is 0.495 e. The van der Waals surface area contributed by atoms with Crippen molar-refractivity contribution in [1.82, 2.24) is 0 Å². The number of anilines is 1. The topological polar surface area (TPSA) is 30.5 Å². The molecule has 0 amide bonds. The molecule has 4 heteroatoms. The number of benzene rings is 1. The molecule has 1 atom stereocenters. The van der Waals surface area contributed by atoms with Crippen LogP contribution in [0, 0.1) is 0 Å². The van der Waals surface area contributed by atoms with Crippen LogP contribution in [0.2, 0.25) is 5.02 Å². The van der Waals surface area contributed by atoms with Gasteiger partial charge in [0.1, 0.15) is 5.75 Å². The summed E-state index contributed by atoms with van der Waals surface area (Å²) in [7, 11) is 3.34. The van der Waals surface area contributed by atoms with Gasteiger partial charge >= 0.3 is 0 Å². The maximum absolute atomic E-state index is 5.95. The van der Waals surface area contributed by atoms with Gasteiger partial charge in [-0.1, -0.05) is 18.5 Å². The van der Waals surface area contributed by atoms with Crippen LogP contribution in [0.5, 0.6) is 5.75 Å². The zero-order chi connectivity index (χ0) is 12.0. The van der Waals surface area contributed by atoms with Gasteiger partial charge in [-0.2, -0.15) is 0 Å². The smallest absolute Gasteiger partial charge is 0.142 e. The summed E-state index contributed by atoms with van der Waals surface area (Å²) in [5.74, 6) is 0.791. The Hall–Kier alpha value is -0.930. The van der Waals surface area contributed by atoms with Crippen LogP contribution < -0.4 is 10.1 Å². The molecule has 0 aliphatic carbocycles. The normalized spacial score (nSPS) is 12.2. The third-order valence-corrected chi connectivity index (χ3v) is 2.62. The Bertz CT molecular complexity index is 331. The van der Waals surface area contributed by atoms with Crippen LogP contribution in [-0.2, 0) is 4.74 Å². The van der Waals surface area contributed by atoms with Crippen LogP contribution in [0.15, 0.2) is 18.2 Å². The van der Waals surface area contributed by atoms with Gasteiger partial charge in [0.05, 0.1) is 19.4 Å². The van der Waals surface area contributed by atoms with Crippen molar-refractivity contribution in [3.8, 4) is 5.75 Å². The number of methoxy groups -OCH3 is 2. The zero-order valence-electron chi connectivity index (χ0n) is 9.92. The molecule has 0 aromatic heterocycles. The lowest BCUT2D eigenvalue weighted by atomic mass is 10.2. The molecule has 0 saturated heterocycles. The molecule has 0 spiro atoms. The second-order valence-electron chi connectivity index (χ2n) is 3.55. The summed E-state index contributed by atoms with van der Waals surface area (Å²) in [5.41, 5.74) is 0.902. The van der Waals surface area contributed by atoms with Gasteiger partial charge < -0.3 is 14.8 Å². The van der Waals surface area contributed by atoms with E-state index in [4.69, 9.17) is 21.1 Å². The molecule has 0 aliphatic rings. The molecule has 3 nitrogen and oxygen atoms in total. The van der Waals surface area contributed by atoms with Crippen molar-refractivity contribution >= 4 is 17.3 Å². The monoisotopic (exact) mass is 243 g/mol. The van der Waals surface area contributed by atoms with E-state index in [0.29, 0.717) is 11.6 Å². The molecule has 90 valence electrons. The van der Waals surface area contributed by atoms with Gasteiger partial charge in [0.15, 0.2) is 0 Å². The van der Waals surface area contributed by atoms with Crippen LogP contribution in [0.4, 0.5) is 5.69 Å². The van der Waals surface area contributed by atoms with Gasteiger partial charge in [-0.15, -0.1) is 0 Å². The van der Waals surface area contributed by atoms with Crippen LogP contribution in [0.25, 0.3) is 0 Å². The van der Waals surface area contributed by atoms with Gasteiger partial charge in [-0.25, -0.2) is 0 Å². The van der Waals surface area contributed by atoms with E-state index < -0.39 is 0 Å². The first-order valence-corrected chi connectivity index (χ1v) is 5.68. The Morgan fingerprint density at radius 3 is 2.69 bits per heavy atom. The second kappa shape index (κ2) is 6.61. The van der Waals surface area contributed by atoms with E-state index in [-0.39, 0.29) is 6.04 Å². The highest BCUT2D eigenvalue weighted by atomic mass is 35.5. The summed E-state index contributed by atoms with van der Waals surface area (Å²) in [6, 6.07) is 5.78. The van der Waals surface area contributed by atoms with Crippen molar-refractivity contribution in [3.05, 3.63) is 23.2 Å². The standard InChI is InChI=1S/C12H18ClNO2/c1-4-10(8-15-2)14-11-7-9(13)5-6-12(11)16-3/h5-7,10,14H,4,8H2,1-3H3. The number of ether oxygens (including phenoxy) is 2. The predicted molar refractivity (Wildman–Crippen MR) is 67.6 cm³/mol. The summed E-state index contributed by atoms with van der Waals surface area (Å²) < 4.78 is 10.4. The van der Waals surface area contributed by atoms with E-state index in [1.807, 2.05) is 18.2 Å². The quantitative estimate of drug-likeness (QED) is 0.833. The molecule has 0 fully saturated rings. The van der Waals surface area contributed by atoms with Crippen LogP contribution in [-0.4, -0.2) is 26.9 Å². The highest BCUT2D eigenvalue weighted by Gasteiger charge is 2.09. The molecule has 16 heavy (non-hydrogen) atoms. The molecule has 1 rings (SSSR count). The molecule has 1 aromatic rings. The minimum absolute atomic E-state index is 0.261. The van der Waals surface area contributed by atoms with E-state index in [0.717, 1.165) is 17.9 Å². The average molecular weight is 244 g/mol. The van der Waals surface area contributed by atoms with Crippen LogP contribution in [0.1, 0.15) is 13.3 Å². The number of hydrogen-bond donors (Lipinski definition) is 1. The van der Waals surface area contributed by atoms with E-state index in [1.54, 1.807) is 14.2 Å². The van der Waals surface area contributed by atoms with Gasteiger partial charge in [-0.3, -0.25) is 0 Å². The Balaban J connectivity index is 2.80. The van der Waals surface area contributed by atoms with Gasteiger partial charge in [0.2, 0.25) is 0 Å². The molecule has 0 heterocycles. The summed E-state index contributed by atoms with van der Waals surface area (Å²) >= 11 is 5.95. The second-order valence-corrected chi connectivity index (χ2v) is 3.99. The lowest BCUT2D eigenvalue weighted by molar-refractivity contribution is 0.184. The van der Waals surface area contributed by atoms with Crippen molar-refractivity contribution in [2.24, 2.45) is 0 Å². The van der Waals surface area contributed by atoms with Crippen molar-refractivity contribution in [2.75, 3.05) is 26.1 Å². The Labute approximate surface area is 102 Å². The number of nitrogens with one attached hydrogen (secondary N) is 1. The van der Waals surface area contributed by atoms with Crippen molar-refractivity contribution in [1.29, 1.82) is 0 Å². The number of hydrogen-bond acceptors (Lipinski definition) is 3. The van der Waals surface area contributed by atoms with Gasteiger partial charge in [-0.05, 0) is 24.6 Å². The molecule has 1 unspecified atom stereocenters. The molecule has 1 N–H and O–H groups in total. The Kier molecular flexibility index (Phi) is 5.43. The van der Waals surface area contributed by atoms with Crippen molar-refractivity contribution < 1.29 is 9.47 Å². The molecule has 0 saturated carbocycles. The third-order valence-electron chi connectivity index (χ3n) is 2.38. The van der Waals surface area contributed by atoms with Gasteiger partial charge in [0, 0.05) is 18.2 Å². The third kappa shape index (κ3) is 3.58. The zero-order valence-corrected chi connectivity index (χ0v) is 10.7.